The maximum atomic E-state index is 11.9. The molecule has 0 unspecified atom stereocenters. The van der Waals surface area contributed by atoms with Crippen LogP contribution in [0.5, 0.6) is 0 Å². The van der Waals surface area contributed by atoms with Crippen LogP contribution in [0.4, 0.5) is 17.2 Å². The van der Waals surface area contributed by atoms with Gasteiger partial charge in [0.2, 0.25) is 0 Å². The number of nitrogens with zero attached hydrogens (tertiary/aromatic N) is 1. The molecular formula is C15H11N3O3. The highest BCUT2D eigenvalue weighted by Crippen LogP contribution is 2.20. The zero-order valence-corrected chi connectivity index (χ0v) is 10.9. The second-order valence-corrected chi connectivity index (χ2v) is 4.53. The zero-order valence-electron chi connectivity index (χ0n) is 10.9. The van der Waals surface area contributed by atoms with Crippen LogP contribution in [0, 0.1) is 10.1 Å². The summed E-state index contributed by atoms with van der Waals surface area (Å²) in [6, 6.07) is 15.1. The Bertz CT molecular complexity index is 869. The van der Waals surface area contributed by atoms with Gasteiger partial charge >= 0.3 is 0 Å². The van der Waals surface area contributed by atoms with Gasteiger partial charge in [-0.25, -0.2) is 0 Å². The van der Waals surface area contributed by atoms with Gasteiger partial charge in [0.15, 0.2) is 0 Å². The lowest BCUT2D eigenvalue weighted by molar-refractivity contribution is -0.384. The number of anilines is 2. The van der Waals surface area contributed by atoms with E-state index in [0.29, 0.717) is 16.9 Å². The van der Waals surface area contributed by atoms with E-state index in [-0.39, 0.29) is 11.2 Å². The average Bonchev–Trinajstić information content (AvgIpc) is 2.48. The Morgan fingerprint density at radius 1 is 1.05 bits per heavy atom. The highest BCUT2D eigenvalue weighted by atomic mass is 16.6. The van der Waals surface area contributed by atoms with E-state index in [2.05, 4.69) is 10.3 Å². The third kappa shape index (κ3) is 2.59. The van der Waals surface area contributed by atoms with E-state index in [9.17, 15) is 14.9 Å². The largest absolute Gasteiger partial charge is 0.342 e. The second kappa shape index (κ2) is 5.09. The van der Waals surface area contributed by atoms with Gasteiger partial charge in [-0.05, 0) is 29.7 Å². The molecule has 21 heavy (non-hydrogen) atoms. The topological polar surface area (TPSA) is 88.0 Å². The Morgan fingerprint density at radius 3 is 2.48 bits per heavy atom. The minimum absolute atomic E-state index is 0.0209. The summed E-state index contributed by atoms with van der Waals surface area (Å²) in [6.45, 7) is 0. The number of aromatic amines is 1. The maximum Gasteiger partial charge on any atom is 0.269 e. The molecule has 0 amide bonds. The number of aromatic nitrogens is 1. The minimum Gasteiger partial charge on any atom is -0.342 e. The van der Waals surface area contributed by atoms with Crippen molar-refractivity contribution in [1.82, 2.24) is 4.98 Å². The third-order valence-electron chi connectivity index (χ3n) is 3.11. The van der Waals surface area contributed by atoms with E-state index in [0.717, 1.165) is 5.39 Å². The van der Waals surface area contributed by atoms with Crippen molar-refractivity contribution in [1.29, 1.82) is 0 Å². The Balaban J connectivity index is 1.94. The van der Waals surface area contributed by atoms with Gasteiger partial charge in [-0.3, -0.25) is 14.9 Å². The molecule has 0 aliphatic rings. The van der Waals surface area contributed by atoms with Crippen LogP contribution >= 0.6 is 0 Å². The molecule has 0 atom stereocenters. The lowest BCUT2D eigenvalue weighted by Gasteiger charge is -2.07. The number of benzene rings is 2. The molecule has 6 nitrogen and oxygen atoms in total. The van der Waals surface area contributed by atoms with Gasteiger partial charge in [0.05, 0.1) is 4.92 Å². The Hall–Kier alpha value is -3.15. The number of nitro benzene ring substituents is 1. The predicted molar refractivity (Wildman–Crippen MR) is 80.9 cm³/mol. The quantitative estimate of drug-likeness (QED) is 0.570. The predicted octanol–water partition coefficient (Wildman–Crippen LogP) is 3.18. The molecule has 0 aliphatic heterocycles. The molecule has 2 aromatic carbocycles. The fourth-order valence-electron chi connectivity index (χ4n) is 2.10. The summed E-state index contributed by atoms with van der Waals surface area (Å²) in [6.07, 6.45) is 0. The van der Waals surface area contributed by atoms with Crippen LogP contribution in [0.3, 0.4) is 0 Å². The minimum atomic E-state index is -0.457. The van der Waals surface area contributed by atoms with Gasteiger partial charge in [-0.2, -0.15) is 0 Å². The molecule has 3 rings (SSSR count). The third-order valence-corrected chi connectivity index (χ3v) is 3.11. The Labute approximate surface area is 119 Å². The first-order valence-corrected chi connectivity index (χ1v) is 6.27. The van der Waals surface area contributed by atoms with Crippen molar-refractivity contribution in [2.24, 2.45) is 0 Å². The zero-order chi connectivity index (χ0) is 14.8. The average molecular weight is 281 g/mol. The molecule has 6 heteroatoms. The van der Waals surface area contributed by atoms with Crippen LogP contribution in [-0.2, 0) is 0 Å². The van der Waals surface area contributed by atoms with Crippen molar-refractivity contribution in [2.75, 3.05) is 5.32 Å². The summed E-state index contributed by atoms with van der Waals surface area (Å²) >= 11 is 0. The summed E-state index contributed by atoms with van der Waals surface area (Å²) in [4.78, 5) is 24.8. The lowest BCUT2D eigenvalue weighted by atomic mass is 10.2. The molecule has 0 saturated heterocycles. The second-order valence-electron chi connectivity index (χ2n) is 4.53. The summed E-state index contributed by atoms with van der Waals surface area (Å²) in [5.74, 6) is 0.535. The number of H-pyrrole nitrogens is 1. The van der Waals surface area contributed by atoms with E-state index in [1.807, 2.05) is 18.2 Å². The number of nitro groups is 1. The Morgan fingerprint density at radius 2 is 1.76 bits per heavy atom. The molecule has 1 aromatic heterocycles. The van der Waals surface area contributed by atoms with Crippen LogP contribution in [0.25, 0.3) is 10.8 Å². The molecule has 0 saturated carbocycles. The standard InChI is InChI=1S/C15H11N3O3/c19-15-13-4-2-1-3-10(13)9-14(17-15)16-11-5-7-12(8-6-11)18(20)21/h1-9H,(H2,16,17,19). The van der Waals surface area contributed by atoms with Gasteiger partial charge < -0.3 is 10.3 Å². The molecule has 3 aromatic rings. The van der Waals surface area contributed by atoms with E-state index in [1.54, 1.807) is 24.3 Å². The number of nitrogens with one attached hydrogen (secondary N) is 2. The van der Waals surface area contributed by atoms with E-state index in [4.69, 9.17) is 0 Å². The van der Waals surface area contributed by atoms with Crippen molar-refractivity contribution in [3.63, 3.8) is 0 Å². The summed E-state index contributed by atoms with van der Waals surface area (Å²) in [5, 5.41) is 15.1. The molecule has 0 spiro atoms. The van der Waals surface area contributed by atoms with Crippen LogP contribution in [0.1, 0.15) is 0 Å². The fourth-order valence-corrected chi connectivity index (χ4v) is 2.10. The van der Waals surface area contributed by atoms with Crippen molar-refractivity contribution in [3.8, 4) is 0 Å². The fraction of sp³-hybridized carbons (Fsp3) is 0. The smallest absolute Gasteiger partial charge is 0.269 e. The number of non-ortho nitro benzene ring substituents is 1. The summed E-state index contributed by atoms with van der Waals surface area (Å²) in [5.41, 5.74) is 0.497. The highest BCUT2D eigenvalue weighted by Gasteiger charge is 2.05. The van der Waals surface area contributed by atoms with Crippen molar-refractivity contribution < 1.29 is 4.92 Å². The van der Waals surface area contributed by atoms with Gasteiger partial charge in [0, 0.05) is 23.2 Å². The lowest BCUT2D eigenvalue weighted by Crippen LogP contribution is -2.08. The number of pyridine rings is 1. The van der Waals surface area contributed by atoms with Crippen LogP contribution in [-0.4, -0.2) is 9.91 Å². The normalized spacial score (nSPS) is 10.5. The molecule has 0 fully saturated rings. The van der Waals surface area contributed by atoms with E-state index in [1.165, 1.54) is 12.1 Å². The van der Waals surface area contributed by atoms with E-state index >= 15 is 0 Å². The van der Waals surface area contributed by atoms with Crippen molar-refractivity contribution >= 4 is 28.0 Å². The molecular weight excluding hydrogens is 270 g/mol. The molecule has 1 heterocycles. The van der Waals surface area contributed by atoms with Crippen molar-refractivity contribution in [2.45, 2.75) is 0 Å². The SMILES string of the molecule is O=c1[nH]c(Nc2ccc([N+](=O)[O-])cc2)cc2ccccc12. The van der Waals surface area contributed by atoms with Crippen molar-refractivity contribution in [3.05, 3.63) is 75.1 Å². The molecule has 0 radical (unpaired) electrons. The highest BCUT2D eigenvalue weighted by molar-refractivity contribution is 5.84. The number of hydrogen-bond donors (Lipinski definition) is 2. The first-order valence-electron chi connectivity index (χ1n) is 6.27. The van der Waals surface area contributed by atoms with Gasteiger partial charge in [-0.1, -0.05) is 18.2 Å². The molecule has 2 N–H and O–H groups in total. The van der Waals surface area contributed by atoms with Gasteiger partial charge in [0.1, 0.15) is 5.82 Å². The summed E-state index contributed by atoms with van der Waals surface area (Å²) in [7, 11) is 0. The molecule has 0 bridgehead atoms. The maximum absolute atomic E-state index is 11.9. The number of fused-ring (bicyclic) bond motifs is 1. The van der Waals surface area contributed by atoms with Crippen LogP contribution in [0.2, 0.25) is 0 Å². The monoisotopic (exact) mass is 281 g/mol. The number of rotatable bonds is 3. The van der Waals surface area contributed by atoms with Crippen LogP contribution in [0.15, 0.2) is 59.4 Å². The Kier molecular flexibility index (Phi) is 3.12. The van der Waals surface area contributed by atoms with Gasteiger partial charge in [0.25, 0.3) is 11.2 Å². The molecule has 0 aliphatic carbocycles. The first kappa shape index (κ1) is 12.9. The van der Waals surface area contributed by atoms with Gasteiger partial charge in [-0.15, -0.1) is 0 Å². The number of hydrogen-bond acceptors (Lipinski definition) is 4. The van der Waals surface area contributed by atoms with Crippen LogP contribution < -0.4 is 10.9 Å². The summed E-state index contributed by atoms with van der Waals surface area (Å²) < 4.78 is 0. The first-order chi connectivity index (χ1) is 10.1. The van der Waals surface area contributed by atoms with E-state index < -0.39 is 4.92 Å². The molecule has 104 valence electrons.